The van der Waals surface area contributed by atoms with Gasteiger partial charge in [0.2, 0.25) is 0 Å². The molecule has 0 saturated carbocycles. The summed E-state index contributed by atoms with van der Waals surface area (Å²) in [5.41, 5.74) is 3.25. The summed E-state index contributed by atoms with van der Waals surface area (Å²) >= 11 is 0. The Morgan fingerprint density at radius 1 is 1.25 bits per heavy atom. The van der Waals surface area contributed by atoms with Gasteiger partial charge in [0.15, 0.2) is 0 Å². The average Bonchev–Trinajstić information content (AvgIpc) is 2.97. The maximum atomic E-state index is 12.2. The van der Waals surface area contributed by atoms with E-state index in [2.05, 4.69) is 15.3 Å². The zero-order chi connectivity index (χ0) is 13.9. The summed E-state index contributed by atoms with van der Waals surface area (Å²) in [6.07, 6.45) is 1.84. The Labute approximate surface area is 116 Å². The Bertz CT molecular complexity index is 748. The smallest absolute Gasteiger partial charge is 0.253 e. The van der Waals surface area contributed by atoms with Gasteiger partial charge in [-0.25, -0.2) is 0 Å². The molecule has 0 aliphatic rings. The fourth-order valence-corrected chi connectivity index (χ4v) is 2.19. The second-order valence-electron chi connectivity index (χ2n) is 4.69. The van der Waals surface area contributed by atoms with E-state index < -0.39 is 0 Å². The predicted molar refractivity (Wildman–Crippen MR) is 78.4 cm³/mol. The first-order valence-corrected chi connectivity index (χ1v) is 6.51. The third-order valence-electron chi connectivity index (χ3n) is 3.26. The molecule has 20 heavy (non-hydrogen) atoms. The normalized spacial score (nSPS) is 10.7. The highest BCUT2D eigenvalue weighted by Gasteiger charge is 2.11. The van der Waals surface area contributed by atoms with E-state index in [1.165, 1.54) is 0 Å². The van der Waals surface area contributed by atoms with E-state index in [4.69, 9.17) is 0 Å². The molecule has 4 nitrogen and oxygen atoms in total. The number of nitrogens with zero attached hydrogens (tertiary/aromatic N) is 1. The van der Waals surface area contributed by atoms with E-state index in [9.17, 15) is 4.79 Å². The van der Waals surface area contributed by atoms with Gasteiger partial charge in [-0.1, -0.05) is 18.2 Å². The number of aryl methyl sites for hydroxylation is 1. The van der Waals surface area contributed by atoms with Gasteiger partial charge in [0, 0.05) is 17.3 Å². The molecule has 0 aliphatic heterocycles. The summed E-state index contributed by atoms with van der Waals surface area (Å²) in [7, 11) is 0. The van der Waals surface area contributed by atoms with Gasteiger partial charge in [-0.05, 0) is 31.2 Å². The molecule has 0 spiro atoms. The summed E-state index contributed by atoms with van der Waals surface area (Å²) in [4.78, 5) is 19.8. The molecular formula is C16H15N3O. The van der Waals surface area contributed by atoms with Crippen LogP contribution in [0.25, 0.3) is 10.9 Å². The van der Waals surface area contributed by atoms with E-state index in [0.29, 0.717) is 12.1 Å². The van der Waals surface area contributed by atoms with Crippen LogP contribution in [-0.4, -0.2) is 15.9 Å². The first-order valence-electron chi connectivity index (χ1n) is 6.51. The standard InChI is InChI=1S/C16H15N3O/c1-11-14(9-12-5-2-3-7-15(12)19-11)16(20)18-10-13-6-4-8-17-13/h2-9,17H,10H2,1H3,(H,18,20). The van der Waals surface area contributed by atoms with Crippen molar-refractivity contribution in [2.75, 3.05) is 0 Å². The average molecular weight is 265 g/mol. The first-order chi connectivity index (χ1) is 9.74. The number of amides is 1. The number of benzene rings is 1. The number of H-pyrrole nitrogens is 1. The van der Waals surface area contributed by atoms with Gasteiger partial charge in [0.05, 0.1) is 23.3 Å². The molecule has 3 aromatic rings. The highest BCUT2D eigenvalue weighted by atomic mass is 16.1. The minimum absolute atomic E-state index is 0.102. The molecule has 4 heteroatoms. The fourth-order valence-electron chi connectivity index (χ4n) is 2.19. The molecular weight excluding hydrogens is 250 g/mol. The van der Waals surface area contributed by atoms with Crippen LogP contribution < -0.4 is 5.32 Å². The minimum atomic E-state index is -0.102. The monoisotopic (exact) mass is 265 g/mol. The molecule has 2 aromatic heterocycles. The second kappa shape index (κ2) is 5.17. The zero-order valence-corrected chi connectivity index (χ0v) is 11.2. The van der Waals surface area contributed by atoms with Gasteiger partial charge in [-0.2, -0.15) is 0 Å². The topological polar surface area (TPSA) is 57.8 Å². The highest BCUT2D eigenvalue weighted by molar-refractivity contribution is 5.98. The number of pyridine rings is 1. The number of fused-ring (bicyclic) bond motifs is 1. The number of hydrogen-bond acceptors (Lipinski definition) is 2. The molecule has 100 valence electrons. The molecule has 3 rings (SSSR count). The lowest BCUT2D eigenvalue weighted by atomic mass is 10.1. The lowest BCUT2D eigenvalue weighted by molar-refractivity contribution is 0.0949. The van der Waals surface area contributed by atoms with E-state index in [1.807, 2.05) is 55.6 Å². The third kappa shape index (κ3) is 2.40. The highest BCUT2D eigenvalue weighted by Crippen LogP contribution is 2.16. The number of aromatic amines is 1. The summed E-state index contributed by atoms with van der Waals surface area (Å²) in [5, 5.41) is 3.87. The molecule has 0 atom stereocenters. The minimum Gasteiger partial charge on any atom is -0.364 e. The van der Waals surface area contributed by atoms with Crippen molar-refractivity contribution in [1.29, 1.82) is 0 Å². The van der Waals surface area contributed by atoms with Crippen molar-refractivity contribution in [3.05, 3.63) is 65.6 Å². The number of carbonyl (C=O) groups is 1. The summed E-state index contributed by atoms with van der Waals surface area (Å²) in [6, 6.07) is 13.5. The van der Waals surface area contributed by atoms with Gasteiger partial charge in [-0.3, -0.25) is 9.78 Å². The molecule has 0 bridgehead atoms. The third-order valence-corrected chi connectivity index (χ3v) is 3.26. The number of rotatable bonds is 3. The van der Waals surface area contributed by atoms with Gasteiger partial charge >= 0.3 is 0 Å². The van der Waals surface area contributed by atoms with Crippen LogP contribution in [0, 0.1) is 6.92 Å². The molecule has 0 fully saturated rings. The second-order valence-corrected chi connectivity index (χ2v) is 4.69. The Morgan fingerprint density at radius 3 is 2.90 bits per heavy atom. The number of carbonyl (C=O) groups excluding carboxylic acids is 1. The quantitative estimate of drug-likeness (QED) is 0.765. The van der Waals surface area contributed by atoms with Crippen LogP contribution in [0.5, 0.6) is 0 Å². The van der Waals surface area contributed by atoms with Gasteiger partial charge in [-0.15, -0.1) is 0 Å². The van der Waals surface area contributed by atoms with E-state index >= 15 is 0 Å². The van der Waals surface area contributed by atoms with Gasteiger partial charge < -0.3 is 10.3 Å². The molecule has 0 aliphatic carbocycles. The van der Waals surface area contributed by atoms with Crippen molar-refractivity contribution in [3.63, 3.8) is 0 Å². The SMILES string of the molecule is Cc1nc2ccccc2cc1C(=O)NCc1ccc[nH]1. The van der Waals surface area contributed by atoms with Crippen molar-refractivity contribution in [2.45, 2.75) is 13.5 Å². The van der Waals surface area contributed by atoms with Crippen LogP contribution >= 0.6 is 0 Å². The Hall–Kier alpha value is -2.62. The lowest BCUT2D eigenvalue weighted by Crippen LogP contribution is -2.24. The van der Waals surface area contributed by atoms with E-state index in [1.54, 1.807) is 0 Å². The molecule has 1 amide bonds. The van der Waals surface area contributed by atoms with Crippen molar-refractivity contribution in [3.8, 4) is 0 Å². The van der Waals surface area contributed by atoms with Gasteiger partial charge in [0.1, 0.15) is 0 Å². The molecule has 1 aromatic carbocycles. The first kappa shape index (κ1) is 12.4. The van der Waals surface area contributed by atoms with Crippen molar-refractivity contribution < 1.29 is 4.79 Å². The molecule has 2 heterocycles. The van der Waals surface area contributed by atoms with Crippen molar-refractivity contribution in [2.24, 2.45) is 0 Å². The predicted octanol–water partition coefficient (Wildman–Crippen LogP) is 2.80. The fraction of sp³-hybridized carbons (Fsp3) is 0.125. The van der Waals surface area contributed by atoms with Crippen LogP contribution in [-0.2, 0) is 6.54 Å². The van der Waals surface area contributed by atoms with Crippen LogP contribution in [0.3, 0.4) is 0 Å². The lowest BCUT2D eigenvalue weighted by Gasteiger charge is -2.08. The largest absolute Gasteiger partial charge is 0.364 e. The Balaban J connectivity index is 1.85. The number of hydrogen-bond donors (Lipinski definition) is 2. The maximum Gasteiger partial charge on any atom is 0.253 e. The number of nitrogens with one attached hydrogen (secondary N) is 2. The number of para-hydroxylation sites is 1. The van der Waals surface area contributed by atoms with Gasteiger partial charge in [0.25, 0.3) is 5.91 Å². The molecule has 0 saturated heterocycles. The maximum absolute atomic E-state index is 12.2. The van der Waals surface area contributed by atoms with Crippen LogP contribution in [0.15, 0.2) is 48.7 Å². The zero-order valence-electron chi connectivity index (χ0n) is 11.2. The van der Waals surface area contributed by atoms with Crippen LogP contribution in [0.1, 0.15) is 21.7 Å². The molecule has 2 N–H and O–H groups in total. The molecule has 0 radical (unpaired) electrons. The van der Waals surface area contributed by atoms with E-state index in [-0.39, 0.29) is 5.91 Å². The summed E-state index contributed by atoms with van der Waals surface area (Å²) in [5.74, 6) is -0.102. The van der Waals surface area contributed by atoms with Crippen molar-refractivity contribution >= 4 is 16.8 Å². The van der Waals surface area contributed by atoms with Crippen molar-refractivity contribution in [1.82, 2.24) is 15.3 Å². The van der Waals surface area contributed by atoms with Crippen LogP contribution in [0.2, 0.25) is 0 Å². The molecule has 0 unspecified atom stereocenters. The van der Waals surface area contributed by atoms with Crippen LogP contribution in [0.4, 0.5) is 0 Å². The summed E-state index contributed by atoms with van der Waals surface area (Å²) in [6.45, 7) is 2.34. The Kier molecular flexibility index (Phi) is 3.21. The number of aromatic nitrogens is 2. The Morgan fingerprint density at radius 2 is 2.10 bits per heavy atom. The summed E-state index contributed by atoms with van der Waals surface area (Å²) < 4.78 is 0. The van der Waals surface area contributed by atoms with E-state index in [0.717, 1.165) is 22.3 Å².